The van der Waals surface area contributed by atoms with Crippen molar-refractivity contribution in [1.82, 2.24) is 5.48 Å². The van der Waals surface area contributed by atoms with Crippen molar-refractivity contribution in [2.45, 2.75) is 6.92 Å². The van der Waals surface area contributed by atoms with Gasteiger partial charge in [-0.1, -0.05) is 0 Å². The molecule has 4 nitrogen and oxygen atoms in total. The molecular formula is C9H10F2N2O2. The maximum atomic E-state index is 13.2. The Morgan fingerprint density at radius 2 is 2.07 bits per heavy atom. The molecule has 0 aliphatic rings. The Morgan fingerprint density at radius 3 is 2.60 bits per heavy atom. The molecule has 0 heterocycles. The van der Waals surface area contributed by atoms with E-state index in [1.807, 2.05) is 5.48 Å². The number of halogens is 2. The molecule has 1 rings (SSSR count). The Balaban J connectivity index is 2.90. The number of benzene rings is 1. The van der Waals surface area contributed by atoms with Gasteiger partial charge in [0, 0.05) is 6.07 Å². The lowest BCUT2D eigenvalue weighted by molar-refractivity contribution is 0.114. The molecule has 2 N–H and O–H groups in total. The lowest BCUT2D eigenvalue weighted by atomic mass is 10.2. The maximum Gasteiger partial charge on any atom is 0.343 e. The lowest BCUT2D eigenvalue weighted by Gasteiger charge is -2.09. The smallest absolute Gasteiger partial charge is 0.303 e. The second-order valence-corrected chi connectivity index (χ2v) is 2.84. The summed E-state index contributed by atoms with van der Waals surface area (Å²) in [6, 6.07) is 1.08. The minimum absolute atomic E-state index is 0.0778. The Hall–Kier alpha value is -1.69. The molecule has 0 radical (unpaired) electrons. The molecular weight excluding hydrogens is 206 g/mol. The molecule has 0 aliphatic carbocycles. The summed E-state index contributed by atoms with van der Waals surface area (Å²) in [5.41, 5.74) is 2.17. The molecule has 0 saturated heterocycles. The summed E-state index contributed by atoms with van der Waals surface area (Å²) in [5, 5.41) is 2.19. The van der Waals surface area contributed by atoms with E-state index >= 15 is 0 Å². The summed E-state index contributed by atoms with van der Waals surface area (Å²) in [4.78, 5) is 15.3. The Labute approximate surface area is 85.2 Å². The number of rotatable bonds is 2. The van der Waals surface area contributed by atoms with Gasteiger partial charge in [0.05, 0.1) is 12.8 Å². The highest BCUT2D eigenvalue weighted by Crippen LogP contribution is 2.20. The highest BCUT2D eigenvalue weighted by atomic mass is 19.1. The van der Waals surface area contributed by atoms with Gasteiger partial charge in [-0.15, -0.1) is 0 Å². The van der Waals surface area contributed by atoms with Gasteiger partial charge >= 0.3 is 6.03 Å². The number of hydrogen-bond donors (Lipinski definition) is 2. The van der Waals surface area contributed by atoms with E-state index in [1.165, 1.54) is 14.0 Å². The van der Waals surface area contributed by atoms with Crippen LogP contribution in [-0.4, -0.2) is 13.1 Å². The van der Waals surface area contributed by atoms with E-state index in [0.717, 1.165) is 6.07 Å². The van der Waals surface area contributed by atoms with Crippen molar-refractivity contribution in [3.63, 3.8) is 0 Å². The first-order valence-electron chi connectivity index (χ1n) is 4.10. The molecule has 82 valence electrons. The van der Waals surface area contributed by atoms with Gasteiger partial charge in [-0.3, -0.25) is 4.84 Å². The molecule has 0 aliphatic heterocycles. The molecule has 2 amide bonds. The zero-order valence-corrected chi connectivity index (χ0v) is 8.23. The number of nitrogens with one attached hydrogen (secondary N) is 2. The highest BCUT2D eigenvalue weighted by molar-refractivity contribution is 5.89. The van der Waals surface area contributed by atoms with Gasteiger partial charge in [0.1, 0.15) is 11.6 Å². The van der Waals surface area contributed by atoms with Gasteiger partial charge in [0.15, 0.2) is 0 Å². The number of hydroxylamine groups is 1. The number of aryl methyl sites for hydroxylation is 1. The molecule has 0 atom stereocenters. The van der Waals surface area contributed by atoms with Gasteiger partial charge in [0.25, 0.3) is 0 Å². The van der Waals surface area contributed by atoms with Crippen LogP contribution in [0.15, 0.2) is 12.1 Å². The molecule has 6 heteroatoms. The summed E-state index contributed by atoms with van der Waals surface area (Å²) in [6.07, 6.45) is 0. The third-order valence-corrected chi connectivity index (χ3v) is 1.69. The standard InChI is InChI=1S/C9H10F2N2O2/c1-5-3-6(10)4-7(11)8(5)12-9(14)13-15-2/h3-4H,1-2H3,(H2,12,13,14). The van der Waals surface area contributed by atoms with Crippen molar-refractivity contribution in [3.8, 4) is 0 Å². The van der Waals surface area contributed by atoms with Crippen molar-refractivity contribution < 1.29 is 18.4 Å². The zero-order chi connectivity index (χ0) is 11.4. The normalized spacial score (nSPS) is 9.87. The molecule has 0 saturated carbocycles. The number of carbonyl (C=O) groups excluding carboxylic acids is 1. The monoisotopic (exact) mass is 216 g/mol. The number of anilines is 1. The van der Waals surface area contributed by atoms with Crippen LogP contribution >= 0.6 is 0 Å². The van der Waals surface area contributed by atoms with E-state index in [2.05, 4.69) is 10.2 Å². The molecule has 0 aromatic heterocycles. The first-order chi connectivity index (χ1) is 7.04. The fraction of sp³-hybridized carbons (Fsp3) is 0.222. The number of urea groups is 1. The van der Waals surface area contributed by atoms with E-state index in [0.29, 0.717) is 11.6 Å². The van der Waals surface area contributed by atoms with E-state index in [-0.39, 0.29) is 5.69 Å². The number of amides is 2. The largest absolute Gasteiger partial charge is 0.343 e. The van der Waals surface area contributed by atoms with Crippen LogP contribution in [0.2, 0.25) is 0 Å². The minimum atomic E-state index is -0.834. The average Bonchev–Trinajstić information content (AvgIpc) is 2.11. The molecule has 15 heavy (non-hydrogen) atoms. The van der Waals surface area contributed by atoms with Crippen LogP contribution in [0.3, 0.4) is 0 Å². The molecule has 0 fully saturated rings. The van der Waals surface area contributed by atoms with E-state index in [9.17, 15) is 13.6 Å². The van der Waals surface area contributed by atoms with E-state index in [1.54, 1.807) is 0 Å². The second kappa shape index (κ2) is 4.70. The third kappa shape index (κ3) is 2.88. The van der Waals surface area contributed by atoms with Gasteiger partial charge in [-0.25, -0.2) is 19.1 Å². The van der Waals surface area contributed by atoms with E-state index in [4.69, 9.17) is 0 Å². The Morgan fingerprint density at radius 1 is 1.40 bits per heavy atom. The maximum absolute atomic E-state index is 13.2. The van der Waals surface area contributed by atoms with Crippen LogP contribution < -0.4 is 10.8 Å². The lowest BCUT2D eigenvalue weighted by Crippen LogP contribution is -2.28. The first-order valence-corrected chi connectivity index (χ1v) is 4.10. The summed E-state index contributed by atoms with van der Waals surface area (Å²) < 4.78 is 25.9. The van der Waals surface area contributed by atoms with Crippen molar-refractivity contribution in [2.24, 2.45) is 0 Å². The van der Waals surface area contributed by atoms with Crippen LogP contribution in [0, 0.1) is 18.6 Å². The Kier molecular flexibility index (Phi) is 3.56. The van der Waals surface area contributed by atoms with Crippen LogP contribution in [0.25, 0.3) is 0 Å². The topological polar surface area (TPSA) is 50.4 Å². The number of carbonyl (C=O) groups is 1. The third-order valence-electron chi connectivity index (χ3n) is 1.69. The van der Waals surface area contributed by atoms with Crippen molar-refractivity contribution in [3.05, 3.63) is 29.3 Å². The molecule has 0 unspecified atom stereocenters. The van der Waals surface area contributed by atoms with Crippen LogP contribution in [0.5, 0.6) is 0 Å². The summed E-state index contributed by atoms with van der Waals surface area (Å²) in [6.45, 7) is 1.48. The van der Waals surface area contributed by atoms with Crippen molar-refractivity contribution in [1.29, 1.82) is 0 Å². The van der Waals surface area contributed by atoms with Crippen LogP contribution in [0.1, 0.15) is 5.56 Å². The molecule has 1 aromatic carbocycles. The van der Waals surface area contributed by atoms with Crippen LogP contribution in [0.4, 0.5) is 19.3 Å². The summed E-state index contributed by atoms with van der Waals surface area (Å²) in [5.74, 6) is -1.53. The predicted molar refractivity (Wildman–Crippen MR) is 50.3 cm³/mol. The minimum Gasteiger partial charge on any atom is -0.303 e. The van der Waals surface area contributed by atoms with Crippen LogP contribution in [-0.2, 0) is 4.84 Å². The van der Waals surface area contributed by atoms with Gasteiger partial charge < -0.3 is 5.32 Å². The Bertz CT molecular complexity index is 359. The fourth-order valence-corrected chi connectivity index (χ4v) is 1.09. The van der Waals surface area contributed by atoms with E-state index < -0.39 is 17.7 Å². The fourth-order valence-electron chi connectivity index (χ4n) is 1.09. The quantitative estimate of drug-likeness (QED) is 0.742. The molecule has 1 aromatic rings. The summed E-state index contributed by atoms with van der Waals surface area (Å²) >= 11 is 0. The van der Waals surface area contributed by atoms with Gasteiger partial charge in [-0.05, 0) is 18.6 Å². The highest BCUT2D eigenvalue weighted by Gasteiger charge is 2.10. The predicted octanol–water partition coefficient (Wildman–Crippen LogP) is 1.96. The average molecular weight is 216 g/mol. The molecule has 0 spiro atoms. The summed E-state index contributed by atoms with van der Waals surface area (Å²) in [7, 11) is 1.24. The van der Waals surface area contributed by atoms with Gasteiger partial charge in [-0.2, -0.15) is 0 Å². The first kappa shape index (κ1) is 11.4. The van der Waals surface area contributed by atoms with Gasteiger partial charge in [0.2, 0.25) is 0 Å². The molecule has 0 bridgehead atoms. The number of hydrogen-bond acceptors (Lipinski definition) is 2. The van der Waals surface area contributed by atoms with Crippen molar-refractivity contribution >= 4 is 11.7 Å². The van der Waals surface area contributed by atoms with Crippen molar-refractivity contribution in [2.75, 3.05) is 12.4 Å². The second-order valence-electron chi connectivity index (χ2n) is 2.84. The zero-order valence-electron chi connectivity index (χ0n) is 8.23. The SMILES string of the molecule is CONC(=O)Nc1c(C)cc(F)cc1F.